The minimum absolute atomic E-state index is 0.0326. The molecule has 1 atom stereocenters. The highest BCUT2D eigenvalue weighted by Gasteiger charge is 2.28. The molecule has 1 unspecified atom stereocenters. The van der Waals surface area contributed by atoms with Crippen LogP contribution in [-0.2, 0) is 16.1 Å². The highest BCUT2D eigenvalue weighted by atomic mass is 79.9. The van der Waals surface area contributed by atoms with Crippen LogP contribution in [0.25, 0.3) is 0 Å². The van der Waals surface area contributed by atoms with Crippen LogP contribution < -0.4 is 5.32 Å². The Bertz CT molecular complexity index is 442. The van der Waals surface area contributed by atoms with Crippen LogP contribution in [0.3, 0.4) is 0 Å². The second kappa shape index (κ2) is 6.98. The van der Waals surface area contributed by atoms with Crippen LogP contribution in [0.2, 0.25) is 0 Å². The van der Waals surface area contributed by atoms with Gasteiger partial charge in [-0.05, 0) is 34.5 Å². The van der Waals surface area contributed by atoms with Crippen LogP contribution >= 0.6 is 15.9 Å². The second-order valence-corrected chi connectivity index (χ2v) is 5.38. The molecule has 1 N–H and O–H groups in total. The number of hydrogen-bond donors (Lipinski definition) is 1. The normalized spacial score (nSPS) is 20.2. The molecule has 0 aliphatic carbocycles. The van der Waals surface area contributed by atoms with Crippen LogP contribution in [0, 0.1) is 0 Å². The maximum atomic E-state index is 12.0. The summed E-state index contributed by atoms with van der Waals surface area (Å²) in [5, 5.41) is 2.86. The number of pyridine rings is 1. The summed E-state index contributed by atoms with van der Waals surface area (Å²) in [6, 6.07) is 1.81. The molecule has 1 aliphatic rings. The molecule has 1 aromatic rings. The van der Waals surface area contributed by atoms with Crippen molar-refractivity contribution in [3.05, 3.63) is 28.5 Å². The van der Waals surface area contributed by atoms with Gasteiger partial charge < -0.3 is 10.1 Å². The van der Waals surface area contributed by atoms with E-state index in [9.17, 15) is 4.79 Å². The van der Waals surface area contributed by atoms with Crippen LogP contribution in [0.1, 0.15) is 12.5 Å². The van der Waals surface area contributed by atoms with Crippen molar-refractivity contribution in [2.75, 3.05) is 26.3 Å². The lowest BCUT2D eigenvalue weighted by Crippen LogP contribution is -2.53. The summed E-state index contributed by atoms with van der Waals surface area (Å²) in [6.45, 7) is 5.14. The third-order valence-corrected chi connectivity index (χ3v) is 3.47. The number of nitrogens with one attached hydrogen (secondary N) is 1. The van der Waals surface area contributed by atoms with Gasteiger partial charge in [0.25, 0.3) is 0 Å². The van der Waals surface area contributed by atoms with E-state index in [-0.39, 0.29) is 11.9 Å². The van der Waals surface area contributed by atoms with Gasteiger partial charge in [0.05, 0.1) is 13.2 Å². The lowest BCUT2D eigenvalue weighted by Gasteiger charge is -2.34. The average molecular weight is 328 g/mol. The Labute approximate surface area is 121 Å². The van der Waals surface area contributed by atoms with Gasteiger partial charge in [-0.2, -0.15) is 0 Å². The average Bonchev–Trinajstić information content (AvgIpc) is 2.39. The van der Waals surface area contributed by atoms with Gasteiger partial charge in [-0.1, -0.05) is 0 Å². The zero-order chi connectivity index (χ0) is 13.7. The third kappa shape index (κ3) is 3.99. The fraction of sp³-hybridized carbons (Fsp3) is 0.538. The van der Waals surface area contributed by atoms with Crippen molar-refractivity contribution in [3.8, 4) is 0 Å². The molecule has 2 rings (SSSR count). The van der Waals surface area contributed by atoms with E-state index in [0.29, 0.717) is 26.3 Å². The molecule has 6 heteroatoms. The van der Waals surface area contributed by atoms with Crippen molar-refractivity contribution in [3.63, 3.8) is 0 Å². The van der Waals surface area contributed by atoms with E-state index in [4.69, 9.17) is 4.74 Å². The van der Waals surface area contributed by atoms with Crippen molar-refractivity contribution in [2.24, 2.45) is 0 Å². The summed E-state index contributed by atoms with van der Waals surface area (Å²) >= 11 is 3.41. The molecule has 1 amide bonds. The first-order chi connectivity index (χ1) is 9.20. The summed E-state index contributed by atoms with van der Waals surface area (Å²) in [5.74, 6) is 0.0326. The fourth-order valence-corrected chi connectivity index (χ4v) is 2.55. The topological polar surface area (TPSA) is 54.5 Å². The maximum absolute atomic E-state index is 12.0. The van der Waals surface area contributed by atoms with Gasteiger partial charge in [0.1, 0.15) is 6.04 Å². The van der Waals surface area contributed by atoms with Crippen molar-refractivity contribution < 1.29 is 9.53 Å². The number of amides is 1. The van der Waals surface area contributed by atoms with E-state index in [1.54, 1.807) is 6.20 Å². The summed E-state index contributed by atoms with van der Waals surface area (Å²) in [7, 11) is 0. The summed E-state index contributed by atoms with van der Waals surface area (Å²) in [6.07, 6.45) is 3.58. The standard InChI is InChI=1S/C13H18BrN3O2/c1-2-16-13(18)12-9-19-4-3-17(12)8-10-5-11(14)7-15-6-10/h5-7,12H,2-4,8-9H2,1H3,(H,16,18). The number of likely N-dealkylation sites (N-methyl/N-ethyl adjacent to an activating group) is 1. The van der Waals surface area contributed by atoms with Crippen molar-refractivity contribution in [2.45, 2.75) is 19.5 Å². The number of carbonyl (C=O) groups is 1. The molecule has 0 radical (unpaired) electrons. The van der Waals surface area contributed by atoms with Gasteiger partial charge in [-0.3, -0.25) is 14.7 Å². The number of nitrogens with zero attached hydrogens (tertiary/aromatic N) is 2. The molecule has 104 valence electrons. The third-order valence-electron chi connectivity index (χ3n) is 3.04. The molecule has 0 aromatic carbocycles. The van der Waals surface area contributed by atoms with Crippen LogP contribution in [0.15, 0.2) is 22.9 Å². The van der Waals surface area contributed by atoms with E-state index in [1.165, 1.54) is 0 Å². The SMILES string of the molecule is CCNC(=O)C1COCCN1Cc1cncc(Br)c1. The first-order valence-corrected chi connectivity index (χ1v) is 7.19. The van der Waals surface area contributed by atoms with E-state index in [2.05, 4.69) is 31.1 Å². The quantitative estimate of drug-likeness (QED) is 0.902. The fourth-order valence-electron chi connectivity index (χ4n) is 2.14. The number of aromatic nitrogens is 1. The molecule has 2 heterocycles. The molecule has 1 aliphatic heterocycles. The smallest absolute Gasteiger partial charge is 0.239 e. The van der Waals surface area contributed by atoms with Gasteiger partial charge in [0.2, 0.25) is 5.91 Å². The lowest BCUT2D eigenvalue weighted by molar-refractivity contribution is -0.132. The number of morpholine rings is 1. The van der Waals surface area contributed by atoms with Crippen molar-refractivity contribution in [1.82, 2.24) is 15.2 Å². The molecular formula is C13H18BrN3O2. The van der Waals surface area contributed by atoms with Crippen LogP contribution in [0.4, 0.5) is 0 Å². The molecule has 19 heavy (non-hydrogen) atoms. The predicted molar refractivity (Wildman–Crippen MR) is 75.6 cm³/mol. The zero-order valence-electron chi connectivity index (χ0n) is 10.9. The Balaban J connectivity index is 2.05. The summed E-state index contributed by atoms with van der Waals surface area (Å²) in [4.78, 5) is 18.3. The largest absolute Gasteiger partial charge is 0.378 e. The second-order valence-electron chi connectivity index (χ2n) is 4.47. The van der Waals surface area contributed by atoms with E-state index < -0.39 is 0 Å². The number of carbonyl (C=O) groups excluding carboxylic acids is 1. The molecule has 5 nitrogen and oxygen atoms in total. The molecule has 0 saturated carbocycles. The highest BCUT2D eigenvalue weighted by molar-refractivity contribution is 9.10. The first-order valence-electron chi connectivity index (χ1n) is 6.39. The Morgan fingerprint density at radius 1 is 1.63 bits per heavy atom. The Morgan fingerprint density at radius 3 is 3.21 bits per heavy atom. The van der Waals surface area contributed by atoms with E-state index in [0.717, 1.165) is 16.6 Å². The van der Waals surface area contributed by atoms with E-state index in [1.807, 2.05) is 19.2 Å². The zero-order valence-corrected chi connectivity index (χ0v) is 12.5. The minimum Gasteiger partial charge on any atom is -0.378 e. The van der Waals surface area contributed by atoms with Gasteiger partial charge >= 0.3 is 0 Å². The number of hydrogen-bond acceptors (Lipinski definition) is 4. The lowest BCUT2D eigenvalue weighted by atomic mass is 10.1. The van der Waals surface area contributed by atoms with Crippen LogP contribution in [-0.4, -0.2) is 48.1 Å². The summed E-state index contributed by atoms with van der Waals surface area (Å²) < 4.78 is 6.37. The molecule has 1 saturated heterocycles. The Morgan fingerprint density at radius 2 is 2.47 bits per heavy atom. The Hall–Kier alpha value is -0.980. The number of rotatable bonds is 4. The molecular weight excluding hydrogens is 310 g/mol. The van der Waals surface area contributed by atoms with E-state index >= 15 is 0 Å². The minimum atomic E-state index is -0.215. The van der Waals surface area contributed by atoms with Crippen molar-refractivity contribution >= 4 is 21.8 Å². The van der Waals surface area contributed by atoms with Gasteiger partial charge in [-0.25, -0.2) is 0 Å². The van der Waals surface area contributed by atoms with Crippen LogP contribution in [0.5, 0.6) is 0 Å². The highest BCUT2D eigenvalue weighted by Crippen LogP contribution is 2.15. The maximum Gasteiger partial charge on any atom is 0.239 e. The monoisotopic (exact) mass is 327 g/mol. The van der Waals surface area contributed by atoms with Gasteiger partial charge in [0, 0.05) is 36.5 Å². The summed E-state index contributed by atoms with van der Waals surface area (Å²) in [5.41, 5.74) is 1.09. The number of ether oxygens (including phenoxy) is 1. The Kier molecular flexibility index (Phi) is 5.30. The number of halogens is 1. The first kappa shape index (κ1) is 14.4. The molecule has 1 fully saturated rings. The molecule has 0 bridgehead atoms. The van der Waals surface area contributed by atoms with Crippen molar-refractivity contribution in [1.29, 1.82) is 0 Å². The predicted octanol–water partition coefficient (Wildman–Crippen LogP) is 1.18. The molecule has 0 spiro atoms. The molecule has 1 aromatic heterocycles. The van der Waals surface area contributed by atoms with Gasteiger partial charge in [-0.15, -0.1) is 0 Å². The van der Waals surface area contributed by atoms with Gasteiger partial charge in [0.15, 0.2) is 0 Å².